The highest BCUT2D eigenvalue weighted by molar-refractivity contribution is 7.89. The van der Waals surface area contributed by atoms with Crippen molar-refractivity contribution in [2.45, 2.75) is 64.1 Å². The van der Waals surface area contributed by atoms with E-state index in [4.69, 9.17) is 4.74 Å². The molecule has 2 aliphatic heterocycles. The average Bonchev–Trinajstić information content (AvgIpc) is 2.92. The molecule has 0 radical (unpaired) electrons. The van der Waals surface area contributed by atoms with Gasteiger partial charge in [-0.25, -0.2) is 8.42 Å². The van der Waals surface area contributed by atoms with E-state index in [0.717, 1.165) is 38.6 Å². The van der Waals surface area contributed by atoms with Crippen LogP contribution in [0.4, 0.5) is 0 Å². The summed E-state index contributed by atoms with van der Waals surface area (Å²) in [4.78, 5) is 0. The van der Waals surface area contributed by atoms with Crippen LogP contribution < -0.4 is 5.32 Å². The Morgan fingerprint density at radius 2 is 2.05 bits per heavy atom. The molecule has 118 valence electrons. The molecule has 0 aliphatic carbocycles. The minimum absolute atomic E-state index is 0.0823. The molecular weight excluding hydrogens is 276 g/mol. The zero-order chi connectivity index (χ0) is 14.6. The first-order chi connectivity index (χ1) is 9.50. The summed E-state index contributed by atoms with van der Waals surface area (Å²) >= 11 is 0. The quantitative estimate of drug-likeness (QED) is 0.805. The highest BCUT2D eigenvalue weighted by Gasteiger charge is 2.37. The molecule has 2 fully saturated rings. The fraction of sp³-hybridized carbons (Fsp3) is 1.00. The molecule has 0 spiro atoms. The Balaban J connectivity index is 1.98. The Labute approximate surface area is 123 Å². The number of nitrogens with one attached hydrogen (secondary N) is 1. The van der Waals surface area contributed by atoms with Gasteiger partial charge < -0.3 is 10.1 Å². The number of ether oxygens (including phenoxy) is 1. The van der Waals surface area contributed by atoms with Crippen molar-refractivity contribution in [2.75, 3.05) is 25.4 Å². The molecule has 2 saturated heterocycles. The monoisotopic (exact) mass is 304 g/mol. The van der Waals surface area contributed by atoms with E-state index in [1.807, 2.05) is 13.8 Å². The Hall–Kier alpha value is -0.170. The molecule has 0 amide bonds. The first-order valence-electron chi connectivity index (χ1n) is 7.85. The topological polar surface area (TPSA) is 58.6 Å². The SMILES string of the molecule is CC(C)OCCS(=O)(=O)N1CCCCC1C1CCCN1. The predicted octanol–water partition coefficient (Wildman–Crippen LogP) is 1.35. The smallest absolute Gasteiger partial charge is 0.216 e. The van der Waals surface area contributed by atoms with Gasteiger partial charge in [-0.1, -0.05) is 6.42 Å². The summed E-state index contributed by atoms with van der Waals surface area (Å²) in [5.74, 6) is 0.106. The Morgan fingerprint density at radius 1 is 1.25 bits per heavy atom. The van der Waals surface area contributed by atoms with Crippen molar-refractivity contribution >= 4 is 10.0 Å². The summed E-state index contributed by atoms with van der Waals surface area (Å²) in [6, 6.07) is 0.492. The van der Waals surface area contributed by atoms with Crippen molar-refractivity contribution < 1.29 is 13.2 Å². The van der Waals surface area contributed by atoms with Crippen molar-refractivity contribution in [3.63, 3.8) is 0 Å². The van der Waals surface area contributed by atoms with E-state index in [0.29, 0.717) is 19.2 Å². The molecule has 2 heterocycles. The molecule has 0 aromatic heterocycles. The maximum absolute atomic E-state index is 12.6. The number of sulfonamides is 1. The van der Waals surface area contributed by atoms with E-state index in [1.54, 1.807) is 4.31 Å². The molecular formula is C14H28N2O3S. The summed E-state index contributed by atoms with van der Waals surface area (Å²) in [6.07, 6.45) is 5.44. The van der Waals surface area contributed by atoms with Crippen LogP contribution in [0.2, 0.25) is 0 Å². The van der Waals surface area contributed by atoms with Crippen molar-refractivity contribution in [3.05, 3.63) is 0 Å². The van der Waals surface area contributed by atoms with Gasteiger partial charge in [-0.15, -0.1) is 0 Å². The van der Waals surface area contributed by atoms with Crippen molar-refractivity contribution in [3.8, 4) is 0 Å². The molecule has 20 heavy (non-hydrogen) atoms. The fourth-order valence-corrected chi connectivity index (χ4v) is 4.84. The number of nitrogens with zero attached hydrogens (tertiary/aromatic N) is 1. The van der Waals surface area contributed by atoms with Crippen LogP contribution in [0.5, 0.6) is 0 Å². The molecule has 6 heteroatoms. The van der Waals surface area contributed by atoms with Gasteiger partial charge in [-0.05, 0) is 46.1 Å². The number of hydrogen-bond acceptors (Lipinski definition) is 4. The number of piperidine rings is 1. The maximum atomic E-state index is 12.6. The maximum Gasteiger partial charge on any atom is 0.216 e. The fourth-order valence-electron chi connectivity index (χ4n) is 3.22. The molecule has 2 atom stereocenters. The first kappa shape index (κ1) is 16.2. The first-order valence-corrected chi connectivity index (χ1v) is 9.46. The van der Waals surface area contributed by atoms with Crippen LogP contribution in [0.25, 0.3) is 0 Å². The number of rotatable bonds is 6. The molecule has 0 aromatic carbocycles. The van der Waals surface area contributed by atoms with Gasteiger partial charge in [0.1, 0.15) is 0 Å². The van der Waals surface area contributed by atoms with Crippen LogP contribution >= 0.6 is 0 Å². The summed E-state index contributed by atoms with van der Waals surface area (Å²) in [5, 5.41) is 3.47. The second-order valence-electron chi connectivity index (χ2n) is 6.11. The van der Waals surface area contributed by atoms with Gasteiger partial charge in [0.2, 0.25) is 10.0 Å². The van der Waals surface area contributed by atoms with Crippen LogP contribution in [0.3, 0.4) is 0 Å². The van der Waals surface area contributed by atoms with Crippen LogP contribution in [-0.4, -0.2) is 56.4 Å². The van der Waals surface area contributed by atoms with Gasteiger partial charge in [0, 0.05) is 18.6 Å². The lowest BCUT2D eigenvalue weighted by atomic mass is 9.97. The van der Waals surface area contributed by atoms with E-state index in [1.165, 1.54) is 0 Å². The standard InChI is InChI=1S/C14H28N2O3S/c1-12(2)19-10-11-20(17,18)16-9-4-3-7-14(16)13-6-5-8-15-13/h12-15H,3-11H2,1-2H3. The third kappa shape index (κ3) is 4.16. The zero-order valence-electron chi connectivity index (χ0n) is 12.7. The molecule has 2 unspecified atom stereocenters. The summed E-state index contributed by atoms with van der Waals surface area (Å²) < 4.78 is 32.3. The van der Waals surface area contributed by atoms with Crippen LogP contribution in [-0.2, 0) is 14.8 Å². The molecule has 1 N–H and O–H groups in total. The van der Waals surface area contributed by atoms with E-state index >= 15 is 0 Å². The van der Waals surface area contributed by atoms with Crippen LogP contribution in [0.1, 0.15) is 46.0 Å². The highest BCUT2D eigenvalue weighted by atomic mass is 32.2. The predicted molar refractivity (Wildman–Crippen MR) is 80.2 cm³/mol. The Bertz CT molecular complexity index is 391. The van der Waals surface area contributed by atoms with Crippen molar-refractivity contribution in [1.82, 2.24) is 9.62 Å². The van der Waals surface area contributed by atoms with Gasteiger partial charge in [0.15, 0.2) is 0 Å². The average molecular weight is 304 g/mol. The van der Waals surface area contributed by atoms with Crippen LogP contribution in [0.15, 0.2) is 0 Å². The van der Waals surface area contributed by atoms with E-state index in [-0.39, 0.29) is 17.9 Å². The summed E-state index contributed by atoms with van der Waals surface area (Å²) in [6.45, 7) is 5.84. The Kier molecular flexibility index (Phi) is 5.84. The van der Waals surface area contributed by atoms with Gasteiger partial charge in [0.05, 0.1) is 18.5 Å². The molecule has 0 bridgehead atoms. The summed E-state index contributed by atoms with van der Waals surface area (Å²) in [7, 11) is -3.20. The zero-order valence-corrected chi connectivity index (χ0v) is 13.5. The minimum atomic E-state index is -3.20. The molecule has 5 nitrogen and oxygen atoms in total. The Morgan fingerprint density at radius 3 is 2.70 bits per heavy atom. The van der Waals surface area contributed by atoms with Gasteiger partial charge >= 0.3 is 0 Å². The number of hydrogen-bond donors (Lipinski definition) is 1. The lowest BCUT2D eigenvalue weighted by Crippen LogP contribution is -2.53. The third-order valence-corrected chi connectivity index (χ3v) is 6.06. The van der Waals surface area contributed by atoms with E-state index in [2.05, 4.69) is 5.32 Å². The minimum Gasteiger partial charge on any atom is -0.378 e. The summed E-state index contributed by atoms with van der Waals surface area (Å²) in [5.41, 5.74) is 0. The van der Waals surface area contributed by atoms with Crippen molar-refractivity contribution in [1.29, 1.82) is 0 Å². The molecule has 2 rings (SSSR count). The van der Waals surface area contributed by atoms with Crippen LogP contribution in [0, 0.1) is 0 Å². The second kappa shape index (κ2) is 7.20. The van der Waals surface area contributed by atoms with Gasteiger partial charge in [0.25, 0.3) is 0 Å². The normalized spacial score (nSPS) is 29.1. The molecule has 0 saturated carbocycles. The third-order valence-electron chi connectivity index (χ3n) is 4.21. The highest BCUT2D eigenvalue weighted by Crippen LogP contribution is 2.26. The van der Waals surface area contributed by atoms with E-state index in [9.17, 15) is 8.42 Å². The van der Waals surface area contributed by atoms with Gasteiger partial charge in [-0.3, -0.25) is 0 Å². The van der Waals surface area contributed by atoms with Crippen molar-refractivity contribution in [2.24, 2.45) is 0 Å². The lowest BCUT2D eigenvalue weighted by molar-refractivity contribution is 0.0900. The largest absolute Gasteiger partial charge is 0.378 e. The van der Waals surface area contributed by atoms with E-state index < -0.39 is 10.0 Å². The molecule has 0 aromatic rings. The van der Waals surface area contributed by atoms with Gasteiger partial charge in [-0.2, -0.15) is 4.31 Å². The lowest BCUT2D eigenvalue weighted by Gasteiger charge is -2.38. The molecule has 2 aliphatic rings. The second-order valence-corrected chi connectivity index (χ2v) is 8.15.